The van der Waals surface area contributed by atoms with Crippen molar-refractivity contribution in [1.82, 2.24) is 0 Å². The van der Waals surface area contributed by atoms with Gasteiger partial charge in [-0.15, -0.1) is 0 Å². The molecule has 162 valence electrons. The number of benzene rings is 3. The predicted octanol–water partition coefficient (Wildman–Crippen LogP) is 6.07. The van der Waals surface area contributed by atoms with Gasteiger partial charge >= 0.3 is 0 Å². The Morgan fingerprint density at radius 3 is 1.79 bits per heavy atom. The summed E-state index contributed by atoms with van der Waals surface area (Å²) in [6, 6.07) is 25.9. The Kier molecular flexibility index (Phi) is 4.63. The number of aryl methyl sites for hydroxylation is 1. The molecule has 3 aliphatic rings. The Morgan fingerprint density at radius 1 is 0.758 bits per heavy atom. The first-order valence-corrected chi connectivity index (χ1v) is 11.6. The Labute approximate surface area is 198 Å². The van der Waals surface area contributed by atoms with Gasteiger partial charge in [0, 0.05) is 16.9 Å². The Morgan fingerprint density at radius 2 is 1.27 bits per heavy atom. The summed E-state index contributed by atoms with van der Waals surface area (Å²) < 4.78 is 0. The van der Waals surface area contributed by atoms with Crippen LogP contribution in [0.3, 0.4) is 0 Å². The average molecular weight is 452 g/mol. The van der Waals surface area contributed by atoms with E-state index in [4.69, 9.17) is 11.6 Å². The third-order valence-electron chi connectivity index (χ3n) is 7.24. The molecule has 6 rings (SSSR count). The zero-order chi connectivity index (χ0) is 22.7. The summed E-state index contributed by atoms with van der Waals surface area (Å²) in [7, 11) is 0. The Hall–Kier alpha value is -3.43. The van der Waals surface area contributed by atoms with E-state index in [9.17, 15) is 9.59 Å². The number of imide groups is 1. The first-order chi connectivity index (χ1) is 16.1. The molecule has 0 radical (unpaired) electrons. The van der Waals surface area contributed by atoms with Crippen LogP contribution in [0, 0.1) is 30.6 Å². The number of amides is 2. The lowest BCUT2D eigenvalue weighted by Gasteiger charge is -2.22. The fourth-order valence-corrected chi connectivity index (χ4v) is 6.03. The van der Waals surface area contributed by atoms with E-state index >= 15 is 0 Å². The number of rotatable bonds is 3. The third-order valence-corrected chi connectivity index (χ3v) is 7.48. The first-order valence-electron chi connectivity index (χ1n) is 11.2. The van der Waals surface area contributed by atoms with Gasteiger partial charge in [0.2, 0.25) is 11.8 Å². The van der Waals surface area contributed by atoms with Gasteiger partial charge in [-0.1, -0.05) is 90.5 Å². The molecule has 2 aliphatic carbocycles. The van der Waals surface area contributed by atoms with E-state index in [1.165, 1.54) is 10.5 Å². The molecule has 1 heterocycles. The van der Waals surface area contributed by atoms with Gasteiger partial charge in [0.15, 0.2) is 0 Å². The van der Waals surface area contributed by atoms with Crippen molar-refractivity contribution >= 4 is 34.7 Å². The molecular formula is C29H22ClNO2. The normalized spacial score (nSPS) is 25.2. The molecule has 0 unspecified atom stereocenters. The summed E-state index contributed by atoms with van der Waals surface area (Å²) in [5.74, 6) is -1.16. The van der Waals surface area contributed by atoms with E-state index in [0.29, 0.717) is 10.7 Å². The minimum absolute atomic E-state index is 0.0867. The minimum Gasteiger partial charge on any atom is -0.274 e. The second-order valence-electron chi connectivity index (χ2n) is 8.99. The van der Waals surface area contributed by atoms with Crippen molar-refractivity contribution in [3.63, 3.8) is 0 Å². The van der Waals surface area contributed by atoms with Gasteiger partial charge < -0.3 is 0 Å². The van der Waals surface area contributed by atoms with E-state index in [1.807, 2.05) is 49.4 Å². The van der Waals surface area contributed by atoms with E-state index in [0.717, 1.165) is 22.3 Å². The van der Waals surface area contributed by atoms with Crippen molar-refractivity contribution in [2.24, 2.45) is 23.7 Å². The van der Waals surface area contributed by atoms with Gasteiger partial charge in [-0.3, -0.25) is 9.59 Å². The maximum Gasteiger partial charge on any atom is 0.238 e. The number of halogens is 1. The van der Waals surface area contributed by atoms with Gasteiger partial charge in [-0.25, -0.2) is 4.90 Å². The molecule has 2 amide bonds. The van der Waals surface area contributed by atoms with E-state index < -0.39 is 0 Å². The number of anilines is 1. The molecule has 2 bridgehead atoms. The van der Waals surface area contributed by atoms with Crippen LogP contribution in [0.1, 0.15) is 16.7 Å². The van der Waals surface area contributed by atoms with Crippen molar-refractivity contribution in [3.8, 4) is 0 Å². The van der Waals surface area contributed by atoms with Crippen molar-refractivity contribution < 1.29 is 9.59 Å². The number of hydrogen-bond acceptors (Lipinski definition) is 2. The number of carbonyl (C=O) groups is 2. The van der Waals surface area contributed by atoms with Crippen LogP contribution < -0.4 is 4.90 Å². The molecule has 1 aliphatic heterocycles. The summed E-state index contributed by atoms with van der Waals surface area (Å²) in [6.07, 6.45) is 4.26. The standard InChI is InChI=1S/C29H22ClNO2/c1-17-12-13-20(30)16-23(17)31-28(32)26-21-14-15-22(27(26)29(31)33)25(21)24(18-8-4-2-5-9-18)19-10-6-3-7-11-19/h2-16,21-22,26-27H,1H3/t21-,22-,26-,27+/m1/s1. The molecule has 1 saturated carbocycles. The molecule has 3 aromatic rings. The largest absolute Gasteiger partial charge is 0.274 e. The first kappa shape index (κ1) is 20.2. The SMILES string of the molecule is Cc1ccc(Cl)cc1N1C(=O)[C@@H]2[C@H](C1=O)[C@@H]1C=C[C@@H]2C1=C(c1ccccc1)c1ccccc1. The number of carbonyl (C=O) groups excluding carboxylic acids is 2. The lowest BCUT2D eigenvalue weighted by Crippen LogP contribution is -2.33. The topological polar surface area (TPSA) is 37.4 Å². The van der Waals surface area contributed by atoms with Crippen LogP contribution in [0.25, 0.3) is 5.57 Å². The predicted molar refractivity (Wildman–Crippen MR) is 131 cm³/mol. The van der Waals surface area contributed by atoms with Crippen molar-refractivity contribution in [1.29, 1.82) is 0 Å². The zero-order valence-electron chi connectivity index (χ0n) is 18.1. The summed E-state index contributed by atoms with van der Waals surface area (Å²) >= 11 is 6.21. The smallest absolute Gasteiger partial charge is 0.238 e. The molecule has 0 aromatic heterocycles. The van der Waals surface area contributed by atoms with Gasteiger partial charge in [-0.05, 0) is 46.9 Å². The Bertz CT molecular complexity index is 1270. The molecule has 0 spiro atoms. The molecule has 3 nitrogen and oxygen atoms in total. The maximum atomic E-state index is 13.7. The van der Waals surface area contributed by atoms with Crippen LogP contribution >= 0.6 is 11.6 Å². The van der Waals surface area contributed by atoms with Crippen LogP contribution in [-0.4, -0.2) is 11.8 Å². The highest BCUT2D eigenvalue weighted by Gasteiger charge is 2.62. The van der Waals surface area contributed by atoms with Crippen LogP contribution in [0.15, 0.2) is 96.6 Å². The molecule has 4 atom stereocenters. The fourth-order valence-electron chi connectivity index (χ4n) is 5.87. The van der Waals surface area contributed by atoms with Crippen LogP contribution in [0.2, 0.25) is 5.02 Å². The van der Waals surface area contributed by atoms with Gasteiger partial charge in [0.25, 0.3) is 0 Å². The summed E-state index contributed by atoms with van der Waals surface area (Å²) in [5.41, 5.74) is 6.01. The Balaban J connectivity index is 1.50. The monoisotopic (exact) mass is 451 g/mol. The van der Waals surface area contributed by atoms with Crippen LogP contribution in [-0.2, 0) is 9.59 Å². The van der Waals surface area contributed by atoms with E-state index in [-0.39, 0.29) is 35.5 Å². The highest BCUT2D eigenvalue weighted by atomic mass is 35.5. The molecule has 3 aromatic carbocycles. The van der Waals surface area contributed by atoms with Gasteiger partial charge in [0.05, 0.1) is 17.5 Å². The second kappa shape index (κ2) is 7.57. The van der Waals surface area contributed by atoms with Crippen molar-refractivity contribution in [2.45, 2.75) is 6.92 Å². The van der Waals surface area contributed by atoms with Crippen molar-refractivity contribution in [2.75, 3.05) is 4.90 Å². The second-order valence-corrected chi connectivity index (χ2v) is 9.43. The molecule has 33 heavy (non-hydrogen) atoms. The minimum atomic E-state index is -0.372. The van der Waals surface area contributed by atoms with E-state index in [2.05, 4.69) is 36.4 Å². The maximum absolute atomic E-state index is 13.7. The third kappa shape index (κ3) is 2.96. The fraction of sp³-hybridized carbons (Fsp3) is 0.172. The van der Waals surface area contributed by atoms with Crippen LogP contribution in [0.5, 0.6) is 0 Å². The zero-order valence-corrected chi connectivity index (χ0v) is 18.9. The van der Waals surface area contributed by atoms with Crippen molar-refractivity contribution in [3.05, 3.63) is 118 Å². The quantitative estimate of drug-likeness (QED) is 0.358. The summed E-state index contributed by atoms with van der Waals surface area (Å²) in [6.45, 7) is 1.90. The number of hydrogen-bond donors (Lipinski definition) is 0. The highest BCUT2D eigenvalue weighted by Crippen LogP contribution is 2.59. The molecule has 2 fully saturated rings. The molecule has 1 saturated heterocycles. The number of fused-ring (bicyclic) bond motifs is 5. The summed E-state index contributed by atoms with van der Waals surface area (Å²) in [4.78, 5) is 28.8. The van der Waals surface area contributed by atoms with Gasteiger partial charge in [-0.2, -0.15) is 0 Å². The van der Waals surface area contributed by atoms with Crippen LogP contribution in [0.4, 0.5) is 5.69 Å². The van der Waals surface area contributed by atoms with Gasteiger partial charge in [0.1, 0.15) is 0 Å². The molecule has 0 N–H and O–H groups in total. The number of nitrogens with zero attached hydrogens (tertiary/aromatic N) is 1. The lowest BCUT2D eigenvalue weighted by atomic mass is 9.85. The summed E-state index contributed by atoms with van der Waals surface area (Å²) in [5, 5.41) is 0.519. The van der Waals surface area contributed by atoms with E-state index in [1.54, 1.807) is 12.1 Å². The average Bonchev–Trinajstić information content (AvgIpc) is 3.47. The number of allylic oxidation sites excluding steroid dienone is 3. The molecule has 4 heteroatoms. The lowest BCUT2D eigenvalue weighted by molar-refractivity contribution is -0.122. The molecular weight excluding hydrogens is 430 g/mol. The highest BCUT2D eigenvalue weighted by molar-refractivity contribution is 6.31.